The molecular formula is C13H13ClN2O. The maximum Gasteiger partial charge on any atom is 0.224 e. The summed E-state index contributed by atoms with van der Waals surface area (Å²) in [5.74, 6) is 0.517. The van der Waals surface area contributed by atoms with Crippen LogP contribution in [0.5, 0.6) is 0 Å². The number of aromatic nitrogens is 1. The first kappa shape index (κ1) is 10.7. The minimum absolute atomic E-state index is 0.129. The third-order valence-corrected chi connectivity index (χ3v) is 3.45. The van der Waals surface area contributed by atoms with Gasteiger partial charge in [0.2, 0.25) is 5.91 Å². The number of aromatic amines is 1. The lowest BCUT2D eigenvalue weighted by Crippen LogP contribution is -2.32. The zero-order chi connectivity index (χ0) is 11.8. The van der Waals surface area contributed by atoms with Gasteiger partial charge < -0.3 is 9.88 Å². The summed E-state index contributed by atoms with van der Waals surface area (Å²) in [6, 6.07) is 6.17. The van der Waals surface area contributed by atoms with Crippen molar-refractivity contribution >= 4 is 28.4 Å². The van der Waals surface area contributed by atoms with Crippen LogP contribution in [-0.2, 0) is 17.9 Å². The van der Waals surface area contributed by atoms with Crippen molar-refractivity contribution in [2.24, 2.45) is 0 Å². The van der Waals surface area contributed by atoms with E-state index in [0.29, 0.717) is 25.4 Å². The van der Waals surface area contributed by atoms with Crippen LogP contribution in [0.4, 0.5) is 0 Å². The van der Waals surface area contributed by atoms with E-state index in [2.05, 4.69) is 17.1 Å². The van der Waals surface area contributed by atoms with Crippen LogP contribution in [0, 0.1) is 0 Å². The molecule has 0 saturated carbocycles. The Bertz CT molecular complexity index is 576. The monoisotopic (exact) mass is 248 g/mol. The quantitative estimate of drug-likeness (QED) is 0.815. The summed E-state index contributed by atoms with van der Waals surface area (Å²) >= 11 is 5.62. The number of hydrogen-bond donors (Lipinski definition) is 1. The molecule has 0 spiro atoms. The molecular weight excluding hydrogens is 236 g/mol. The van der Waals surface area contributed by atoms with Crippen LogP contribution in [0.2, 0.25) is 0 Å². The Morgan fingerprint density at radius 2 is 2.18 bits per heavy atom. The largest absolute Gasteiger partial charge is 0.361 e. The van der Waals surface area contributed by atoms with E-state index in [1.807, 2.05) is 17.2 Å². The Morgan fingerprint density at radius 1 is 1.35 bits per heavy atom. The Balaban J connectivity index is 1.98. The molecule has 3 nitrogen and oxygen atoms in total. The maximum atomic E-state index is 11.9. The van der Waals surface area contributed by atoms with Crippen molar-refractivity contribution in [3.8, 4) is 0 Å². The normalized spacial score (nSPS) is 14.3. The Kier molecular flexibility index (Phi) is 2.56. The van der Waals surface area contributed by atoms with Crippen molar-refractivity contribution < 1.29 is 4.79 Å². The molecule has 17 heavy (non-hydrogen) atoms. The van der Waals surface area contributed by atoms with Gasteiger partial charge in [-0.2, -0.15) is 0 Å². The van der Waals surface area contributed by atoms with E-state index in [1.165, 1.54) is 16.5 Å². The number of alkyl halides is 1. The second-order valence-corrected chi connectivity index (χ2v) is 4.72. The van der Waals surface area contributed by atoms with Gasteiger partial charge in [0.1, 0.15) is 0 Å². The van der Waals surface area contributed by atoms with Crippen LogP contribution in [0.1, 0.15) is 17.5 Å². The van der Waals surface area contributed by atoms with Crippen molar-refractivity contribution in [1.82, 2.24) is 9.88 Å². The fourth-order valence-corrected chi connectivity index (χ4v) is 2.64. The molecule has 1 amide bonds. The highest BCUT2D eigenvalue weighted by Gasteiger charge is 2.22. The highest BCUT2D eigenvalue weighted by Crippen LogP contribution is 2.29. The Hall–Kier alpha value is -1.48. The summed E-state index contributed by atoms with van der Waals surface area (Å²) in [6.07, 6.45) is 2.41. The van der Waals surface area contributed by atoms with E-state index in [0.717, 1.165) is 5.52 Å². The summed E-state index contributed by atoms with van der Waals surface area (Å²) < 4.78 is 0. The van der Waals surface area contributed by atoms with E-state index >= 15 is 0 Å². The van der Waals surface area contributed by atoms with Crippen LogP contribution < -0.4 is 0 Å². The molecule has 0 fully saturated rings. The summed E-state index contributed by atoms with van der Waals surface area (Å²) in [7, 11) is 0. The van der Waals surface area contributed by atoms with Crippen molar-refractivity contribution in [3.63, 3.8) is 0 Å². The van der Waals surface area contributed by atoms with E-state index in [-0.39, 0.29) is 5.91 Å². The molecule has 2 aromatic rings. The molecule has 1 aromatic carbocycles. The van der Waals surface area contributed by atoms with Gasteiger partial charge in [0.05, 0.1) is 0 Å². The summed E-state index contributed by atoms with van der Waals surface area (Å²) in [5.41, 5.74) is 3.57. The highest BCUT2D eigenvalue weighted by molar-refractivity contribution is 6.18. The average Bonchev–Trinajstić information content (AvgIpc) is 2.75. The van der Waals surface area contributed by atoms with Gasteiger partial charge in [-0.15, -0.1) is 11.6 Å². The first-order valence-corrected chi connectivity index (χ1v) is 6.24. The third kappa shape index (κ3) is 1.71. The second-order valence-electron chi connectivity index (χ2n) is 4.34. The van der Waals surface area contributed by atoms with E-state index in [1.54, 1.807) is 0 Å². The van der Waals surface area contributed by atoms with Gasteiger partial charge in [0.15, 0.2) is 0 Å². The minimum atomic E-state index is 0.129. The molecule has 0 unspecified atom stereocenters. The SMILES string of the molecule is O=C(CCCl)N1Cc2cccc3[nH]cc(c23)C1. The third-order valence-electron chi connectivity index (χ3n) is 3.26. The summed E-state index contributed by atoms with van der Waals surface area (Å²) in [5, 5.41) is 1.28. The van der Waals surface area contributed by atoms with Crippen LogP contribution in [0.25, 0.3) is 10.9 Å². The molecule has 1 aliphatic heterocycles. The van der Waals surface area contributed by atoms with Crippen LogP contribution in [0.3, 0.4) is 0 Å². The molecule has 0 atom stereocenters. The van der Waals surface area contributed by atoms with Crippen LogP contribution >= 0.6 is 11.6 Å². The Labute approximate surface area is 104 Å². The predicted octanol–water partition coefficient (Wildman–Crippen LogP) is 2.64. The van der Waals surface area contributed by atoms with E-state index < -0.39 is 0 Å². The molecule has 1 aromatic heterocycles. The zero-order valence-electron chi connectivity index (χ0n) is 9.37. The van der Waals surface area contributed by atoms with Crippen LogP contribution in [-0.4, -0.2) is 21.7 Å². The fraction of sp³-hybridized carbons (Fsp3) is 0.308. The minimum Gasteiger partial charge on any atom is -0.361 e. The van der Waals surface area contributed by atoms with E-state index in [9.17, 15) is 4.79 Å². The second kappa shape index (κ2) is 4.08. The van der Waals surface area contributed by atoms with E-state index in [4.69, 9.17) is 11.6 Å². The number of rotatable bonds is 2. The van der Waals surface area contributed by atoms with Gasteiger partial charge in [-0.3, -0.25) is 4.79 Å². The average molecular weight is 249 g/mol. The van der Waals surface area contributed by atoms with Gasteiger partial charge >= 0.3 is 0 Å². The lowest BCUT2D eigenvalue weighted by Gasteiger charge is -2.27. The standard InChI is InChI=1S/C13H13ClN2O/c14-5-4-12(17)16-7-9-2-1-3-11-13(9)10(8-16)6-15-11/h1-3,6,15H,4-5,7-8H2. The Morgan fingerprint density at radius 3 is 3.00 bits per heavy atom. The van der Waals surface area contributed by atoms with Gasteiger partial charge in [-0.05, 0) is 17.2 Å². The molecule has 0 radical (unpaired) electrons. The lowest BCUT2D eigenvalue weighted by atomic mass is 10.0. The molecule has 0 saturated heterocycles. The number of carbonyl (C=O) groups excluding carboxylic acids is 1. The number of amides is 1. The van der Waals surface area contributed by atoms with Crippen molar-refractivity contribution in [1.29, 1.82) is 0 Å². The van der Waals surface area contributed by atoms with Crippen LogP contribution in [0.15, 0.2) is 24.4 Å². The molecule has 88 valence electrons. The molecule has 1 aliphatic rings. The number of benzene rings is 1. The summed E-state index contributed by atoms with van der Waals surface area (Å²) in [6.45, 7) is 1.38. The molecule has 4 heteroatoms. The number of nitrogens with zero attached hydrogens (tertiary/aromatic N) is 1. The van der Waals surface area contributed by atoms with Gasteiger partial charge in [-0.1, -0.05) is 12.1 Å². The molecule has 0 bridgehead atoms. The molecule has 2 heterocycles. The number of carbonyl (C=O) groups is 1. The van der Waals surface area contributed by atoms with Gasteiger partial charge in [0.25, 0.3) is 0 Å². The zero-order valence-corrected chi connectivity index (χ0v) is 10.1. The number of nitrogens with one attached hydrogen (secondary N) is 1. The summed E-state index contributed by atoms with van der Waals surface area (Å²) in [4.78, 5) is 17.0. The number of hydrogen-bond acceptors (Lipinski definition) is 1. The van der Waals surface area contributed by atoms with Crippen molar-refractivity contribution in [2.75, 3.05) is 5.88 Å². The number of H-pyrrole nitrogens is 1. The van der Waals surface area contributed by atoms with Gasteiger partial charge in [-0.25, -0.2) is 0 Å². The fourth-order valence-electron chi connectivity index (χ4n) is 2.48. The highest BCUT2D eigenvalue weighted by atomic mass is 35.5. The molecule has 0 aliphatic carbocycles. The smallest absolute Gasteiger partial charge is 0.224 e. The molecule has 3 rings (SSSR count). The number of halogens is 1. The van der Waals surface area contributed by atoms with Crippen molar-refractivity contribution in [3.05, 3.63) is 35.5 Å². The molecule has 1 N–H and O–H groups in total. The predicted molar refractivity (Wildman–Crippen MR) is 67.9 cm³/mol. The lowest BCUT2D eigenvalue weighted by molar-refractivity contribution is -0.132. The maximum absolute atomic E-state index is 11.9. The topological polar surface area (TPSA) is 36.1 Å². The first-order chi connectivity index (χ1) is 8.29. The van der Waals surface area contributed by atoms with Gasteiger partial charge in [0, 0.05) is 42.5 Å². The van der Waals surface area contributed by atoms with Crippen molar-refractivity contribution in [2.45, 2.75) is 19.5 Å². The first-order valence-electron chi connectivity index (χ1n) is 5.71.